The zero-order valence-corrected chi connectivity index (χ0v) is 14.0. The summed E-state index contributed by atoms with van der Waals surface area (Å²) in [5.74, 6) is -0.665. The van der Waals surface area contributed by atoms with Crippen LogP contribution in [-0.4, -0.2) is 6.54 Å². The summed E-state index contributed by atoms with van der Waals surface area (Å²) in [6.45, 7) is 4.39. The molecule has 2 rings (SSSR count). The third-order valence-electron chi connectivity index (χ3n) is 3.30. The van der Waals surface area contributed by atoms with Crippen molar-refractivity contribution in [2.45, 2.75) is 19.9 Å². The second kappa shape index (κ2) is 6.86. The largest absolute Gasteiger partial charge is 0.306 e. The van der Waals surface area contributed by atoms with E-state index < -0.39 is 0 Å². The Hall–Kier alpha value is -0.970. The fourth-order valence-electron chi connectivity index (χ4n) is 2.31. The molecule has 0 heterocycles. The van der Waals surface area contributed by atoms with Gasteiger partial charge in [-0.25, -0.2) is 8.78 Å². The molecule has 1 unspecified atom stereocenters. The van der Waals surface area contributed by atoms with E-state index in [9.17, 15) is 8.78 Å². The Bertz CT molecular complexity index is 661. The van der Waals surface area contributed by atoms with Gasteiger partial charge in [-0.2, -0.15) is 0 Å². The van der Waals surface area contributed by atoms with Crippen LogP contribution in [-0.2, 0) is 0 Å². The van der Waals surface area contributed by atoms with Gasteiger partial charge >= 0.3 is 0 Å². The van der Waals surface area contributed by atoms with Crippen molar-refractivity contribution in [3.8, 4) is 0 Å². The first-order chi connectivity index (χ1) is 9.93. The Morgan fingerprint density at radius 1 is 1.19 bits per heavy atom. The van der Waals surface area contributed by atoms with Crippen LogP contribution in [0.1, 0.15) is 29.7 Å². The molecule has 0 aliphatic heterocycles. The molecule has 0 fully saturated rings. The molecule has 0 bridgehead atoms. The first-order valence-corrected chi connectivity index (χ1v) is 7.75. The highest BCUT2D eigenvalue weighted by molar-refractivity contribution is 9.10. The summed E-state index contributed by atoms with van der Waals surface area (Å²) >= 11 is 9.29. The Kier molecular flexibility index (Phi) is 5.36. The Balaban J connectivity index is 2.55. The molecule has 0 amide bonds. The molecule has 0 aliphatic carbocycles. The maximum absolute atomic E-state index is 14.3. The van der Waals surface area contributed by atoms with Crippen molar-refractivity contribution in [3.63, 3.8) is 0 Å². The van der Waals surface area contributed by atoms with Crippen molar-refractivity contribution in [2.75, 3.05) is 6.54 Å². The number of hydrogen-bond donors (Lipinski definition) is 1. The number of nitrogens with one attached hydrogen (secondary N) is 1. The average molecular weight is 375 g/mol. The van der Waals surface area contributed by atoms with Gasteiger partial charge in [-0.15, -0.1) is 0 Å². The predicted octanol–water partition coefficient (Wildman–Crippen LogP) is 5.39. The predicted molar refractivity (Wildman–Crippen MR) is 85.8 cm³/mol. The van der Waals surface area contributed by atoms with Gasteiger partial charge in [-0.1, -0.05) is 24.6 Å². The SMILES string of the molecule is CCNC(c1ccc(F)cc1C)c1cc(Cl)c(Br)cc1F. The average Bonchev–Trinajstić information content (AvgIpc) is 2.41. The molecule has 0 radical (unpaired) electrons. The van der Waals surface area contributed by atoms with Crippen molar-refractivity contribution in [1.29, 1.82) is 0 Å². The van der Waals surface area contributed by atoms with E-state index in [0.29, 0.717) is 21.6 Å². The summed E-state index contributed by atoms with van der Waals surface area (Å²) in [5, 5.41) is 3.67. The summed E-state index contributed by atoms with van der Waals surface area (Å²) in [5.41, 5.74) is 2.04. The first kappa shape index (κ1) is 16.4. The topological polar surface area (TPSA) is 12.0 Å². The lowest BCUT2D eigenvalue weighted by Gasteiger charge is -2.22. The molecule has 112 valence electrons. The van der Waals surface area contributed by atoms with Crippen LogP contribution in [0.4, 0.5) is 8.78 Å². The highest BCUT2D eigenvalue weighted by Crippen LogP contribution is 2.32. The van der Waals surface area contributed by atoms with Crippen LogP contribution in [0.3, 0.4) is 0 Å². The van der Waals surface area contributed by atoms with E-state index in [1.165, 1.54) is 18.2 Å². The molecule has 2 aromatic carbocycles. The fraction of sp³-hybridized carbons (Fsp3) is 0.250. The highest BCUT2D eigenvalue weighted by Gasteiger charge is 2.20. The van der Waals surface area contributed by atoms with Gasteiger partial charge in [0.1, 0.15) is 11.6 Å². The summed E-state index contributed by atoms with van der Waals surface area (Å²) in [4.78, 5) is 0. The Morgan fingerprint density at radius 3 is 2.52 bits per heavy atom. The summed E-state index contributed by atoms with van der Waals surface area (Å²) in [7, 11) is 0. The van der Waals surface area contributed by atoms with Gasteiger partial charge < -0.3 is 5.32 Å². The minimum atomic E-state index is -0.374. The van der Waals surface area contributed by atoms with Crippen LogP contribution in [0.2, 0.25) is 5.02 Å². The molecule has 1 N–H and O–H groups in total. The van der Waals surface area contributed by atoms with E-state index in [1.54, 1.807) is 19.1 Å². The van der Waals surface area contributed by atoms with Crippen LogP contribution in [0.15, 0.2) is 34.8 Å². The van der Waals surface area contributed by atoms with Crippen LogP contribution >= 0.6 is 27.5 Å². The lowest BCUT2D eigenvalue weighted by Crippen LogP contribution is -2.24. The molecule has 5 heteroatoms. The number of benzene rings is 2. The van der Waals surface area contributed by atoms with E-state index in [1.807, 2.05) is 6.92 Å². The number of hydrogen-bond acceptors (Lipinski definition) is 1. The molecule has 2 aromatic rings. The smallest absolute Gasteiger partial charge is 0.129 e. The number of halogens is 4. The van der Waals surface area contributed by atoms with Gasteiger partial charge in [-0.05, 0) is 64.8 Å². The van der Waals surface area contributed by atoms with E-state index in [4.69, 9.17) is 11.6 Å². The minimum Gasteiger partial charge on any atom is -0.306 e. The van der Waals surface area contributed by atoms with Gasteiger partial charge in [-0.3, -0.25) is 0 Å². The van der Waals surface area contributed by atoms with E-state index in [2.05, 4.69) is 21.2 Å². The normalized spacial score (nSPS) is 12.5. The highest BCUT2D eigenvalue weighted by atomic mass is 79.9. The van der Waals surface area contributed by atoms with Crippen LogP contribution in [0, 0.1) is 18.6 Å². The standard InChI is InChI=1S/C16H15BrClF2N/c1-3-21-16(11-5-4-10(19)6-9(11)2)12-7-14(18)13(17)8-15(12)20/h4-8,16,21H,3H2,1-2H3. The van der Waals surface area contributed by atoms with E-state index in [-0.39, 0.29) is 17.7 Å². The minimum absolute atomic E-state index is 0.305. The van der Waals surface area contributed by atoms with Crippen molar-refractivity contribution >= 4 is 27.5 Å². The van der Waals surface area contributed by atoms with Crippen molar-refractivity contribution < 1.29 is 8.78 Å². The molecular weight excluding hydrogens is 360 g/mol. The van der Waals surface area contributed by atoms with Crippen molar-refractivity contribution in [1.82, 2.24) is 5.32 Å². The lowest BCUT2D eigenvalue weighted by molar-refractivity contribution is 0.555. The van der Waals surface area contributed by atoms with E-state index in [0.717, 1.165) is 11.1 Å². The van der Waals surface area contributed by atoms with Crippen LogP contribution in [0.25, 0.3) is 0 Å². The maximum atomic E-state index is 14.3. The quantitative estimate of drug-likeness (QED) is 0.708. The fourth-order valence-corrected chi connectivity index (χ4v) is 2.80. The van der Waals surface area contributed by atoms with Crippen molar-refractivity contribution in [2.24, 2.45) is 0 Å². The summed E-state index contributed by atoms with van der Waals surface area (Å²) in [6, 6.07) is 7.07. The molecule has 0 aliphatic rings. The zero-order chi connectivity index (χ0) is 15.6. The number of rotatable bonds is 4. The van der Waals surface area contributed by atoms with Crippen molar-refractivity contribution in [3.05, 3.63) is 68.2 Å². The molecule has 0 aromatic heterocycles. The van der Waals surface area contributed by atoms with Gasteiger partial charge in [0, 0.05) is 10.0 Å². The van der Waals surface area contributed by atoms with Gasteiger partial charge in [0.15, 0.2) is 0 Å². The lowest BCUT2D eigenvalue weighted by atomic mass is 9.94. The molecular formula is C16H15BrClF2N. The van der Waals surface area contributed by atoms with Gasteiger partial charge in [0.05, 0.1) is 11.1 Å². The Labute approximate surface area is 136 Å². The second-order valence-electron chi connectivity index (χ2n) is 4.78. The molecule has 1 nitrogen and oxygen atoms in total. The zero-order valence-electron chi connectivity index (χ0n) is 11.7. The Morgan fingerprint density at radius 2 is 1.90 bits per heavy atom. The molecule has 1 atom stereocenters. The maximum Gasteiger partial charge on any atom is 0.129 e. The monoisotopic (exact) mass is 373 g/mol. The van der Waals surface area contributed by atoms with Crippen LogP contribution in [0.5, 0.6) is 0 Å². The molecule has 21 heavy (non-hydrogen) atoms. The van der Waals surface area contributed by atoms with E-state index >= 15 is 0 Å². The third-order valence-corrected chi connectivity index (χ3v) is 4.50. The summed E-state index contributed by atoms with van der Waals surface area (Å²) < 4.78 is 28.1. The first-order valence-electron chi connectivity index (χ1n) is 6.58. The van der Waals surface area contributed by atoms with Gasteiger partial charge in [0.25, 0.3) is 0 Å². The number of aryl methyl sites for hydroxylation is 1. The van der Waals surface area contributed by atoms with Crippen LogP contribution < -0.4 is 5.32 Å². The molecule has 0 spiro atoms. The molecule has 0 saturated carbocycles. The second-order valence-corrected chi connectivity index (χ2v) is 6.04. The van der Waals surface area contributed by atoms with Gasteiger partial charge in [0.2, 0.25) is 0 Å². The third kappa shape index (κ3) is 3.62. The molecule has 0 saturated heterocycles. The summed E-state index contributed by atoms with van der Waals surface area (Å²) in [6.07, 6.45) is 0.